The van der Waals surface area contributed by atoms with Crippen LogP contribution in [0.5, 0.6) is 0 Å². The molecule has 5 rings (SSSR count). The third kappa shape index (κ3) is 3.67. The van der Waals surface area contributed by atoms with E-state index in [2.05, 4.69) is 111 Å². The average molecular weight is 524 g/mol. The van der Waals surface area contributed by atoms with Crippen LogP contribution in [0.25, 0.3) is 27.0 Å². The van der Waals surface area contributed by atoms with Crippen LogP contribution in [-0.4, -0.2) is 0 Å². The summed E-state index contributed by atoms with van der Waals surface area (Å²) in [5, 5.41) is 4.58. The van der Waals surface area contributed by atoms with Crippen molar-refractivity contribution in [3.8, 4) is 27.0 Å². The van der Waals surface area contributed by atoms with Gasteiger partial charge in [0.05, 0.1) is 0 Å². The topological polar surface area (TPSA) is 0 Å². The molecule has 0 saturated carbocycles. The van der Waals surface area contributed by atoms with Crippen LogP contribution in [0.3, 0.4) is 0 Å². The van der Waals surface area contributed by atoms with Gasteiger partial charge in [0.2, 0.25) is 0 Å². The van der Waals surface area contributed by atoms with Gasteiger partial charge >= 0.3 is 0 Å². The Morgan fingerprint density at radius 3 is 1.59 bits per heavy atom. The molecule has 0 aliphatic heterocycles. The molecule has 0 N–H and O–H groups in total. The van der Waals surface area contributed by atoms with E-state index in [4.69, 9.17) is 0 Å². The number of rotatable bonds is 3. The Labute approximate surface area is 190 Å². The van der Waals surface area contributed by atoms with Gasteiger partial charge in [0.25, 0.3) is 0 Å². The molecule has 3 heteroatoms. The van der Waals surface area contributed by atoms with Gasteiger partial charge in [-0.25, -0.2) is 0 Å². The van der Waals surface area contributed by atoms with Gasteiger partial charge in [-0.2, -0.15) is 0 Å². The second-order valence-electron chi connectivity index (χ2n) is 7.55. The highest BCUT2D eigenvalue weighted by molar-refractivity contribution is 9.10. The van der Waals surface area contributed by atoms with Crippen LogP contribution in [0.4, 0.5) is 0 Å². The molecule has 1 heterocycles. The maximum absolute atomic E-state index is 3.71. The van der Waals surface area contributed by atoms with Gasteiger partial charge in [-0.3, -0.25) is 0 Å². The zero-order valence-electron chi connectivity index (χ0n) is 16.0. The van der Waals surface area contributed by atoms with E-state index < -0.39 is 7.53 Å². The highest BCUT2D eigenvalue weighted by Gasteiger charge is 2.27. The fourth-order valence-electron chi connectivity index (χ4n) is 4.52. The molecule has 0 atom stereocenters. The van der Waals surface area contributed by atoms with E-state index in [0.29, 0.717) is 0 Å². The standard InChI is InChI=1S/C26H21Br2P/c27-20-10-6-8-18(16-20)25-23-14-4-5-15-24(23)26(19-9-7-11-21(28)17-19)29(25)22-12-2-1-3-13-22/h1-3,6-13,16-17H,4-5,14-15H2. The first-order valence-electron chi connectivity index (χ1n) is 10.1. The van der Waals surface area contributed by atoms with Crippen LogP contribution in [0.2, 0.25) is 0 Å². The van der Waals surface area contributed by atoms with Crippen LogP contribution in [0, 0.1) is 0 Å². The quantitative estimate of drug-likeness (QED) is 0.251. The minimum atomic E-state index is -0.577. The number of hydrogen-bond acceptors (Lipinski definition) is 0. The number of fused-ring (bicyclic) bond motifs is 1. The van der Waals surface area contributed by atoms with Crippen molar-refractivity contribution >= 4 is 39.4 Å². The lowest BCUT2D eigenvalue weighted by molar-refractivity contribution is 0.692. The Morgan fingerprint density at radius 1 is 0.586 bits per heavy atom. The van der Waals surface area contributed by atoms with Crippen LogP contribution < -0.4 is 0 Å². The maximum Gasteiger partial charge on any atom is 0.0181 e. The molecule has 0 saturated heterocycles. The van der Waals surface area contributed by atoms with Crippen LogP contribution in [-0.2, 0) is 12.8 Å². The van der Waals surface area contributed by atoms with Gasteiger partial charge in [-0.05, 0) is 77.5 Å². The number of benzene rings is 3. The van der Waals surface area contributed by atoms with E-state index in [1.54, 1.807) is 21.7 Å². The predicted octanol–water partition coefficient (Wildman–Crippen LogP) is 9.40. The summed E-state index contributed by atoms with van der Waals surface area (Å²) in [5.74, 6) is 0. The molecular formula is C26H21Br2P. The van der Waals surface area contributed by atoms with Crippen LogP contribution in [0.1, 0.15) is 24.0 Å². The van der Waals surface area contributed by atoms with Crippen molar-refractivity contribution in [2.75, 3.05) is 0 Å². The van der Waals surface area contributed by atoms with Crippen molar-refractivity contribution < 1.29 is 0 Å². The Morgan fingerprint density at radius 2 is 1.10 bits per heavy atom. The SMILES string of the molecule is Brc1cccc(-c2c3c(c(-c4cccc(Br)c4)p2-c2ccccc2)CCCC3)c1. The van der Waals surface area contributed by atoms with Gasteiger partial charge in [0.15, 0.2) is 0 Å². The van der Waals surface area contributed by atoms with Crippen molar-refractivity contribution in [2.45, 2.75) is 25.7 Å². The van der Waals surface area contributed by atoms with Gasteiger partial charge in [-0.1, -0.05) is 94.0 Å². The molecule has 0 bridgehead atoms. The van der Waals surface area contributed by atoms with E-state index in [1.165, 1.54) is 42.1 Å². The lowest BCUT2D eigenvalue weighted by Gasteiger charge is -2.15. The molecular weight excluding hydrogens is 503 g/mol. The normalized spacial score (nSPS) is 13.3. The fourth-order valence-corrected chi connectivity index (χ4v) is 8.36. The molecule has 1 aromatic heterocycles. The van der Waals surface area contributed by atoms with Gasteiger partial charge < -0.3 is 0 Å². The molecule has 0 nitrogen and oxygen atoms in total. The molecule has 1 aliphatic carbocycles. The molecule has 0 fully saturated rings. The van der Waals surface area contributed by atoms with E-state index in [1.807, 2.05) is 0 Å². The zero-order valence-corrected chi connectivity index (χ0v) is 20.1. The molecule has 1 aliphatic rings. The molecule has 0 spiro atoms. The summed E-state index contributed by atoms with van der Waals surface area (Å²) in [5.41, 5.74) is 5.96. The van der Waals surface area contributed by atoms with E-state index >= 15 is 0 Å². The molecule has 0 amide bonds. The zero-order chi connectivity index (χ0) is 19.8. The van der Waals surface area contributed by atoms with Crippen molar-refractivity contribution in [3.05, 3.63) is 98.9 Å². The monoisotopic (exact) mass is 522 g/mol. The lowest BCUT2D eigenvalue weighted by Crippen LogP contribution is -2.01. The van der Waals surface area contributed by atoms with Gasteiger partial charge in [0.1, 0.15) is 0 Å². The number of hydrogen-bond donors (Lipinski definition) is 0. The summed E-state index contributed by atoms with van der Waals surface area (Å²) in [7, 11) is -0.577. The Hall–Kier alpha value is -1.60. The van der Waals surface area contributed by atoms with E-state index in [-0.39, 0.29) is 0 Å². The Bertz CT molecular complexity index is 1100. The van der Waals surface area contributed by atoms with Crippen molar-refractivity contribution in [1.82, 2.24) is 0 Å². The summed E-state index contributed by atoms with van der Waals surface area (Å²) in [4.78, 5) is 0. The Balaban J connectivity index is 1.90. The highest BCUT2D eigenvalue weighted by Crippen LogP contribution is 2.62. The van der Waals surface area contributed by atoms with Crippen LogP contribution >= 0.6 is 39.4 Å². The molecule has 144 valence electrons. The van der Waals surface area contributed by atoms with E-state index in [0.717, 1.165) is 8.95 Å². The summed E-state index contributed by atoms with van der Waals surface area (Å²) < 4.78 is 2.30. The first kappa shape index (κ1) is 19.4. The smallest absolute Gasteiger partial charge is 0.0181 e. The third-order valence-corrected chi connectivity index (χ3v) is 9.45. The largest absolute Gasteiger partial charge is 0.0767 e. The first-order chi connectivity index (χ1) is 14.2. The van der Waals surface area contributed by atoms with Gasteiger partial charge in [0, 0.05) is 19.5 Å². The average Bonchev–Trinajstić information content (AvgIpc) is 3.10. The molecule has 29 heavy (non-hydrogen) atoms. The third-order valence-electron chi connectivity index (χ3n) is 5.70. The highest BCUT2D eigenvalue weighted by atomic mass is 79.9. The minimum absolute atomic E-state index is 0.577. The summed E-state index contributed by atoms with van der Waals surface area (Å²) in [6, 6.07) is 28.9. The molecule has 0 unspecified atom stereocenters. The first-order valence-corrected chi connectivity index (χ1v) is 13.0. The molecule has 3 aromatic carbocycles. The fraction of sp³-hybridized carbons (Fsp3) is 0.154. The van der Waals surface area contributed by atoms with Crippen molar-refractivity contribution in [3.63, 3.8) is 0 Å². The second-order valence-corrected chi connectivity index (χ2v) is 11.5. The van der Waals surface area contributed by atoms with Crippen molar-refractivity contribution in [2.24, 2.45) is 0 Å². The number of halogens is 2. The lowest BCUT2D eigenvalue weighted by atomic mass is 9.89. The maximum atomic E-state index is 3.71. The van der Waals surface area contributed by atoms with E-state index in [9.17, 15) is 0 Å². The minimum Gasteiger partial charge on any atom is -0.0767 e. The molecule has 0 radical (unpaired) electrons. The summed E-state index contributed by atoms with van der Waals surface area (Å²) in [6.45, 7) is 0. The van der Waals surface area contributed by atoms with Crippen LogP contribution in [0.15, 0.2) is 87.8 Å². The second kappa shape index (κ2) is 8.26. The summed E-state index contributed by atoms with van der Waals surface area (Å²) in [6.07, 6.45) is 4.97. The predicted molar refractivity (Wildman–Crippen MR) is 133 cm³/mol. The summed E-state index contributed by atoms with van der Waals surface area (Å²) >= 11 is 7.42. The van der Waals surface area contributed by atoms with Gasteiger partial charge in [-0.15, -0.1) is 0 Å². The molecule has 4 aromatic rings. The Kier molecular flexibility index (Phi) is 5.52. The van der Waals surface area contributed by atoms with Crippen molar-refractivity contribution in [1.29, 1.82) is 0 Å².